The SMILES string of the molecule is CNCCC1CCCn2cnc(C)c21. The molecule has 14 heavy (non-hydrogen) atoms. The van der Waals surface area contributed by atoms with Gasteiger partial charge in [-0.1, -0.05) is 0 Å². The van der Waals surface area contributed by atoms with Gasteiger partial charge in [0.2, 0.25) is 0 Å². The van der Waals surface area contributed by atoms with Gasteiger partial charge in [-0.15, -0.1) is 0 Å². The standard InChI is InChI=1S/C11H19N3/c1-9-11-10(5-6-12-2)4-3-7-14(11)8-13-9/h8,10,12H,3-7H2,1-2H3. The second-order valence-corrected chi connectivity index (χ2v) is 4.14. The summed E-state index contributed by atoms with van der Waals surface area (Å²) in [5.74, 6) is 0.721. The van der Waals surface area contributed by atoms with Crippen LogP contribution in [0.2, 0.25) is 0 Å². The molecule has 1 aliphatic rings. The largest absolute Gasteiger partial charge is 0.334 e. The molecule has 0 radical (unpaired) electrons. The third-order valence-corrected chi connectivity index (χ3v) is 3.15. The van der Waals surface area contributed by atoms with Crippen molar-refractivity contribution in [2.24, 2.45) is 0 Å². The quantitative estimate of drug-likeness (QED) is 0.791. The molecule has 1 aromatic heterocycles. The zero-order valence-electron chi connectivity index (χ0n) is 9.08. The third-order valence-electron chi connectivity index (χ3n) is 3.15. The summed E-state index contributed by atoms with van der Waals surface area (Å²) in [5.41, 5.74) is 2.71. The normalized spacial score (nSPS) is 20.9. The van der Waals surface area contributed by atoms with E-state index in [0.29, 0.717) is 0 Å². The molecule has 1 atom stereocenters. The second kappa shape index (κ2) is 4.13. The predicted octanol–water partition coefficient (Wildman–Crippen LogP) is 1.68. The van der Waals surface area contributed by atoms with Crippen molar-refractivity contribution in [1.29, 1.82) is 0 Å². The van der Waals surface area contributed by atoms with Crippen LogP contribution >= 0.6 is 0 Å². The molecule has 1 unspecified atom stereocenters. The van der Waals surface area contributed by atoms with E-state index in [9.17, 15) is 0 Å². The van der Waals surface area contributed by atoms with Crippen LogP contribution in [0.4, 0.5) is 0 Å². The molecular formula is C11H19N3. The fourth-order valence-corrected chi connectivity index (χ4v) is 2.44. The molecule has 0 saturated carbocycles. The van der Waals surface area contributed by atoms with E-state index in [-0.39, 0.29) is 0 Å². The van der Waals surface area contributed by atoms with Gasteiger partial charge in [0.05, 0.1) is 12.0 Å². The van der Waals surface area contributed by atoms with Crippen molar-refractivity contribution in [2.45, 2.75) is 38.6 Å². The smallest absolute Gasteiger partial charge is 0.0951 e. The van der Waals surface area contributed by atoms with E-state index in [0.717, 1.165) is 19.0 Å². The van der Waals surface area contributed by atoms with Crippen LogP contribution in [0.15, 0.2) is 6.33 Å². The average molecular weight is 193 g/mol. The van der Waals surface area contributed by atoms with Crippen molar-refractivity contribution < 1.29 is 0 Å². The van der Waals surface area contributed by atoms with Crippen LogP contribution in [-0.4, -0.2) is 23.1 Å². The first kappa shape index (κ1) is 9.71. The summed E-state index contributed by atoms with van der Waals surface area (Å²) in [6.45, 7) is 4.39. The van der Waals surface area contributed by atoms with Crippen molar-refractivity contribution >= 4 is 0 Å². The van der Waals surface area contributed by atoms with Crippen molar-refractivity contribution in [2.75, 3.05) is 13.6 Å². The highest BCUT2D eigenvalue weighted by atomic mass is 15.1. The van der Waals surface area contributed by atoms with E-state index in [4.69, 9.17) is 0 Å². The summed E-state index contributed by atoms with van der Waals surface area (Å²) in [6.07, 6.45) is 5.87. The first-order valence-electron chi connectivity index (χ1n) is 5.49. The Bertz CT molecular complexity index is 303. The fourth-order valence-electron chi connectivity index (χ4n) is 2.44. The number of nitrogens with zero attached hydrogens (tertiary/aromatic N) is 2. The van der Waals surface area contributed by atoms with E-state index in [2.05, 4.69) is 21.8 Å². The number of nitrogens with one attached hydrogen (secondary N) is 1. The maximum Gasteiger partial charge on any atom is 0.0951 e. The summed E-state index contributed by atoms with van der Waals surface area (Å²) >= 11 is 0. The number of fused-ring (bicyclic) bond motifs is 1. The topological polar surface area (TPSA) is 29.9 Å². The van der Waals surface area contributed by atoms with Crippen molar-refractivity contribution in [3.05, 3.63) is 17.7 Å². The van der Waals surface area contributed by atoms with Crippen molar-refractivity contribution in [3.8, 4) is 0 Å². The molecule has 0 fully saturated rings. The van der Waals surface area contributed by atoms with Crippen molar-refractivity contribution in [1.82, 2.24) is 14.9 Å². The van der Waals surface area contributed by atoms with Gasteiger partial charge in [0.25, 0.3) is 0 Å². The number of rotatable bonds is 3. The number of hydrogen-bond donors (Lipinski definition) is 1. The lowest BCUT2D eigenvalue weighted by molar-refractivity contribution is 0.429. The highest BCUT2D eigenvalue weighted by Crippen LogP contribution is 2.31. The van der Waals surface area contributed by atoms with Gasteiger partial charge in [-0.05, 0) is 39.8 Å². The van der Waals surface area contributed by atoms with E-state index in [1.165, 1.54) is 30.7 Å². The first-order chi connectivity index (χ1) is 6.83. The lowest BCUT2D eigenvalue weighted by atomic mass is 9.91. The van der Waals surface area contributed by atoms with E-state index in [1.54, 1.807) is 0 Å². The minimum atomic E-state index is 0.721. The maximum absolute atomic E-state index is 4.40. The molecule has 78 valence electrons. The van der Waals surface area contributed by atoms with Gasteiger partial charge in [0, 0.05) is 18.2 Å². The van der Waals surface area contributed by atoms with Crippen LogP contribution in [-0.2, 0) is 6.54 Å². The molecule has 3 nitrogen and oxygen atoms in total. The average Bonchev–Trinajstić information content (AvgIpc) is 2.58. The molecular weight excluding hydrogens is 174 g/mol. The molecule has 0 amide bonds. The van der Waals surface area contributed by atoms with Crippen molar-refractivity contribution in [3.63, 3.8) is 0 Å². The number of hydrogen-bond acceptors (Lipinski definition) is 2. The molecule has 1 N–H and O–H groups in total. The first-order valence-corrected chi connectivity index (χ1v) is 5.49. The van der Waals surface area contributed by atoms with Crippen LogP contribution in [0.5, 0.6) is 0 Å². The Morgan fingerprint density at radius 3 is 3.29 bits per heavy atom. The number of aryl methyl sites for hydroxylation is 2. The molecule has 0 spiro atoms. The number of imidazole rings is 1. The zero-order chi connectivity index (χ0) is 9.97. The Labute approximate surface area is 85.5 Å². The highest BCUT2D eigenvalue weighted by molar-refractivity contribution is 5.18. The Hall–Kier alpha value is -0.830. The lowest BCUT2D eigenvalue weighted by Gasteiger charge is -2.24. The molecule has 2 rings (SSSR count). The van der Waals surface area contributed by atoms with Gasteiger partial charge < -0.3 is 9.88 Å². The van der Waals surface area contributed by atoms with Crippen LogP contribution in [0, 0.1) is 6.92 Å². The predicted molar refractivity (Wildman–Crippen MR) is 57.5 cm³/mol. The maximum atomic E-state index is 4.40. The molecule has 3 heteroatoms. The van der Waals surface area contributed by atoms with Gasteiger partial charge in [-0.3, -0.25) is 0 Å². The van der Waals surface area contributed by atoms with Gasteiger partial charge in [-0.2, -0.15) is 0 Å². The monoisotopic (exact) mass is 193 g/mol. The van der Waals surface area contributed by atoms with Crippen LogP contribution in [0.1, 0.15) is 36.6 Å². The summed E-state index contributed by atoms with van der Waals surface area (Å²) in [4.78, 5) is 4.40. The van der Waals surface area contributed by atoms with Gasteiger partial charge >= 0.3 is 0 Å². The van der Waals surface area contributed by atoms with Gasteiger partial charge in [-0.25, -0.2) is 4.98 Å². The zero-order valence-corrected chi connectivity index (χ0v) is 9.08. The summed E-state index contributed by atoms with van der Waals surface area (Å²) in [5, 5.41) is 3.23. The summed E-state index contributed by atoms with van der Waals surface area (Å²) in [6, 6.07) is 0. The van der Waals surface area contributed by atoms with Crippen LogP contribution < -0.4 is 5.32 Å². The fraction of sp³-hybridized carbons (Fsp3) is 0.727. The second-order valence-electron chi connectivity index (χ2n) is 4.14. The molecule has 0 aliphatic carbocycles. The molecule has 0 saturated heterocycles. The van der Waals surface area contributed by atoms with Gasteiger partial charge in [0.1, 0.15) is 0 Å². The Kier molecular flexibility index (Phi) is 2.87. The van der Waals surface area contributed by atoms with Gasteiger partial charge in [0.15, 0.2) is 0 Å². The minimum absolute atomic E-state index is 0.721. The summed E-state index contributed by atoms with van der Waals surface area (Å²) in [7, 11) is 2.02. The summed E-state index contributed by atoms with van der Waals surface area (Å²) < 4.78 is 2.33. The Morgan fingerprint density at radius 1 is 1.64 bits per heavy atom. The van der Waals surface area contributed by atoms with E-state index in [1.807, 2.05) is 13.4 Å². The molecule has 2 heterocycles. The van der Waals surface area contributed by atoms with Crippen LogP contribution in [0.3, 0.4) is 0 Å². The highest BCUT2D eigenvalue weighted by Gasteiger charge is 2.22. The molecule has 1 aromatic rings. The Balaban J connectivity index is 2.16. The third kappa shape index (κ3) is 1.69. The van der Waals surface area contributed by atoms with Crippen LogP contribution in [0.25, 0.3) is 0 Å². The Morgan fingerprint density at radius 2 is 2.50 bits per heavy atom. The number of aromatic nitrogens is 2. The van der Waals surface area contributed by atoms with E-state index >= 15 is 0 Å². The van der Waals surface area contributed by atoms with E-state index < -0.39 is 0 Å². The minimum Gasteiger partial charge on any atom is -0.334 e. The molecule has 0 aromatic carbocycles. The lowest BCUT2D eigenvalue weighted by Crippen LogP contribution is -2.19. The molecule has 1 aliphatic heterocycles. The molecule has 0 bridgehead atoms.